The maximum absolute atomic E-state index is 10.9. The zero-order valence-corrected chi connectivity index (χ0v) is 6.97. The summed E-state index contributed by atoms with van der Waals surface area (Å²) < 4.78 is 0. The summed E-state index contributed by atoms with van der Waals surface area (Å²) in [6.07, 6.45) is 4.97. The van der Waals surface area contributed by atoms with E-state index in [0.717, 1.165) is 12.3 Å². The Hall–Kier alpha value is -0.370. The van der Waals surface area contributed by atoms with Crippen LogP contribution in [0.5, 0.6) is 0 Å². The molecule has 0 aromatic carbocycles. The predicted octanol–water partition coefficient (Wildman–Crippen LogP) is 1.09. The number of rotatable bonds is 3. The normalized spacial score (nSPS) is 42.2. The Balaban J connectivity index is 1.85. The summed E-state index contributed by atoms with van der Waals surface area (Å²) in [7, 11) is 0. The molecule has 3 aliphatic rings. The van der Waals surface area contributed by atoms with Crippen LogP contribution in [0.3, 0.4) is 0 Å². The Morgan fingerprint density at radius 1 is 1.64 bits per heavy atom. The number of hydrogen-bond donors (Lipinski definition) is 1. The Labute approximate surface area is 67.1 Å². The van der Waals surface area contributed by atoms with Gasteiger partial charge in [0.25, 0.3) is 0 Å². The number of carbonyl (C=O) groups is 1. The molecular weight excluding hydrogens is 138 g/mol. The lowest BCUT2D eigenvalue weighted by Gasteiger charge is -2.62. The van der Waals surface area contributed by atoms with Gasteiger partial charge in [0.05, 0.1) is 6.04 Å². The minimum absolute atomic E-state index is 0.148. The molecule has 2 nitrogen and oxygen atoms in total. The maximum Gasteiger partial charge on any atom is 0.146 e. The van der Waals surface area contributed by atoms with Gasteiger partial charge in [-0.3, -0.25) is 4.79 Å². The van der Waals surface area contributed by atoms with Crippen molar-refractivity contribution in [2.45, 2.75) is 38.6 Å². The summed E-state index contributed by atoms with van der Waals surface area (Å²) in [5, 5.41) is 0. The van der Waals surface area contributed by atoms with E-state index in [2.05, 4.69) is 0 Å². The molecule has 0 aromatic rings. The van der Waals surface area contributed by atoms with Crippen LogP contribution in [-0.2, 0) is 4.79 Å². The Morgan fingerprint density at radius 2 is 2.18 bits per heavy atom. The van der Waals surface area contributed by atoms with Crippen molar-refractivity contribution in [3.63, 3.8) is 0 Å². The number of ketones is 1. The molecule has 0 radical (unpaired) electrons. The average molecular weight is 153 g/mol. The SMILES string of the molecule is CC(=O)[C@@H](N)CC12CC(C1)C2. The largest absolute Gasteiger partial charge is 0.322 e. The summed E-state index contributed by atoms with van der Waals surface area (Å²) in [5.74, 6) is 1.14. The van der Waals surface area contributed by atoms with E-state index in [1.165, 1.54) is 19.3 Å². The second kappa shape index (κ2) is 2.07. The molecule has 0 aliphatic heterocycles. The molecule has 3 saturated carbocycles. The summed E-state index contributed by atoms with van der Waals surface area (Å²) >= 11 is 0. The number of carbonyl (C=O) groups excluding carboxylic acids is 1. The second-order valence-electron chi connectivity index (χ2n) is 4.40. The third-order valence-electron chi connectivity index (χ3n) is 3.34. The van der Waals surface area contributed by atoms with Crippen molar-refractivity contribution in [3.8, 4) is 0 Å². The van der Waals surface area contributed by atoms with E-state index in [0.29, 0.717) is 5.41 Å². The van der Waals surface area contributed by atoms with E-state index in [9.17, 15) is 4.79 Å². The van der Waals surface area contributed by atoms with E-state index < -0.39 is 0 Å². The summed E-state index contributed by atoms with van der Waals surface area (Å²) in [6.45, 7) is 1.59. The van der Waals surface area contributed by atoms with Crippen LogP contribution in [0, 0.1) is 11.3 Å². The van der Waals surface area contributed by atoms with Crippen LogP contribution >= 0.6 is 0 Å². The lowest BCUT2D eigenvalue weighted by atomic mass is 9.43. The van der Waals surface area contributed by atoms with Gasteiger partial charge in [-0.15, -0.1) is 0 Å². The van der Waals surface area contributed by atoms with Gasteiger partial charge in [-0.05, 0) is 43.9 Å². The van der Waals surface area contributed by atoms with Crippen molar-refractivity contribution in [1.29, 1.82) is 0 Å². The van der Waals surface area contributed by atoms with Gasteiger partial charge in [0.1, 0.15) is 5.78 Å². The van der Waals surface area contributed by atoms with E-state index in [4.69, 9.17) is 5.73 Å². The van der Waals surface area contributed by atoms with Crippen LogP contribution in [-0.4, -0.2) is 11.8 Å². The molecule has 3 rings (SSSR count). The molecule has 0 aromatic heterocycles. The van der Waals surface area contributed by atoms with E-state index in [1.54, 1.807) is 6.92 Å². The van der Waals surface area contributed by atoms with Crippen LogP contribution < -0.4 is 5.73 Å². The first-order valence-electron chi connectivity index (χ1n) is 4.37. The van der Waals surface area contributed by atoms with Crippen molar-refractivity contribution < 1.29 is 4.79 Å². The third-order valence-corrected chi connectivity index (χ3v) is 3.34. The highest BCUT2D eigenvalue weighted by molar-refractivity contribution is 5.81. The van der Waals surface area contributed by atoms with Crippen molar-refractivity contribution >= 4 is 5.78 Å². The quantitative estimate of drug-likeness (QED) is 0.659. The molecule has 2 bridgehead atoms. The molecule has 0 spiro atoms. The van der Waals surface area contributed by atoms with Gasteiger partial charge in [0.15, 0.2) is 0 Å². The van der Waals surface area contributed by atoms with Crippen molar-refractivity contribution in [1.82, 2.24) is 0 Å². The maximum atomic E-state index is 10.9. The van der Waals surface area contributed by atoms with Gasteiger partial charge in [-0.2, -0.15) is 0 Å². The van der Waals surface area contributed by atoms with E-state index in [1.807, 2.05) is 0 Å². The fourth-order valence-electron chi connectivity index (χ4n) is 2.52. The monoisotopic (exact) mass is 153 g/mol. The van der Waals surface area contributed by atoms with Crippen LogP contribution in [0.1, 0.15) is 32.6 Å². The Morgan fingerprint density at radius 3 is 2.45 bits per heavy atom. The molecule has 3 aliphatic carbocycles. The molecule has 3 fully saturated rings. The van der Waals surface area contributed by atoms with Gasteiger partial charge in [0, 0.05) is 0 Å². The average Bonchev–Trinajstić information content (AvgIpc) is 1.74. The van der Waals surface area contributed by atoms with Gasteiger partial charge >= 0.3 is 0 Å². The minimum Gasteiger partial charge on any atom is -0.322 e. The fraction of sp³-hybridized carbons (Fsp3) is 0.889. The number of nitrogens with two attached hydrogens (primary N) is 1. The van der Waals surface area contributed by atoms with Gasteiger partial charge in [0.2, 0.25) is 0 Å². The molecule has 0 saturated heterocycles. The van der Waals surface area contributed by atoms with Gasteiger partial charge in [-0.1, -0.05) is 0 Å². The van der Waals surface area contributed by atoms with Gasteiger partial charge in [-0.25, -0.2) is 0 Å². The molecule has 2 heteroatoms. The van der Waals surface area contributed by atoms with Crippen molar-refractivity contribution in [2.75, 3.05) is 0 Å². The smallest absolute Gasteiger partial charge is 0.146 e. The molecule has 62 valence electrons. The molecule has 0 amide bonds. The summed E-state index contributed by atoms with van der Waals surface area (Å²) in [6, 6.07) is -0.184. The second-order valence-corrected chi connectivity index (χ2v) is 4.40. The van der Waals surface area contributed by atoms with Crippen molar-refractivity contribution in [2.24, 2.45) is 17.1 Å². The van der Waals surface area contributed by atoms with E-state index >= 15 is 0 Å². The first-order chi connectivity index (χ1) is 5.11. The molecular formula is C9H15NO. The third kappa shape index (κ3) is 1.00. The summed E-state index contributed by atoms with van der Waals surface area (Å²) in [4.78, 5) is 10.9. The topological polar surface area (TPSA) is 43.1 Å². The highest BCUT2D eigenvalue weighted by Crippen LogP contribution is 2.66. The zero-order valence-electron chi connectivity index (χ0n) is 6.97. The Bertz CT molecular complexity index is 183. The molecule has 2 N–H and O–H groups in total. The molecule has 0 heterocycles. The minimum atomic E-state index is -0.184. The first-order valence-corrected chi connectivity index (χ1v) is 4.37. The van der Waals surface area contributed by atoms with Crippen LogP contribution in [0.15, 0.2) is 0 Å². The summed E-state index contributed by atoms with van der Waals surface area (Å²) in [5.41, 5.74) is 6.21. The Kier molecular flexibility index (Phi) is 1.37. The van der Waals surface area contributed by atoms with Crippen molar-refractivity contribution in [3.05, 3.63) is 0 Å². The number of hydrogen-bond acceptors (Lipinski definition) is 2. The molecule has 0 unspecified atom stereocenters. The standard InChI is InChI=1S/C9H15NO/c1-6(11)8(10)5-9-2-7(3-9)4-9/h7-8H,2-5,10H2,1H3/t7?,8-,9?/m0/s1. The fourth-order valence-corrected chi connectivity index (χ4v) is 2.52. The van der Waals surface area contributed by atoms with Crippen LogP contribution in [0.25, 0.3) is 0 Å². The van der Waals surface area contributed by atoms with E-state index in [-0.39, 0.29) is 11.8 Å². The highest BCUT2D eigenvalue weighted by atomic mass is 16.1. The lowest BCUT2D eigenvalue weighted by Crippen LogP contribution is -2.54. The van der Waals surface area contributed by atoms with Crippen LogP contribution in [0.4, 0.5) is 0 Å². The molecule has 1 atom stereocenters. The van der Waals surface area contributed by atoms with Gasteiger partial charge < -0.3 is 5.73 Å². The van der Waals surface area contributed by atoms with Crippen LogP contribution in [0.2, 0.25) is 0 Å². The lowest BCUT2D eigenvalue weighted by molar-refractivity contribution is -0.131. The predicted molar refractivity (Wildman–Crippen MR) is 43.0 cm³/mol. The first kappa shape index (κ1) is 7.29. The molecule has 11 heavy (non-hydrogen) atoms. The number of Topliss-reactive ketones (excluding diaryl/α,β-unsaturated/α-hetero) is 1. The highest BCUT2D eigenvalue weighted by Gasteiger charge is 2.56. The zero-order chi connectivity index (χ0) is 8.06.